The fourth-order valence-electron chi connectivity index (χ4n) is 2.79. The van der Waals surface area contributed by atoms with Gasteiger partial charge in [-0.15, -0.1) is 0 Å². The minimum Gasteiger partial charge on any atom is -0.382 e. The van der Waals surface area contributed by atoms with Crippen LogP contribution in [-0.4, -0.2) is 71.1 Å². The lowest BCUT2D eigenvalue weighted by molar-refractivity contribution is -0.123. The van der Waals surface area contributed by atoms with Gasteiger partial charge in [0.2, 0.25) is 5.91 Å². The molecule has 0 aliphatic heterocycles. The Morgan fingerprint density at radius 2 is 1.36 bits per heavy atom. The quantitative estimate of drug-likeness (QED) is 0.471. The summed E-state index contributed by atoms with van der Waals surface area (Å²) in [4.78, 5) is 23.2. The van der Waals surface area contributed by atoms with Crippen LogP contribution in [0.15, 0.2) is 0 Å². The van der Waals surface area contributed by atoms with Gasteiger partial charge in [-0.25, -0.2) is 0 Å². The van der Waals surface area contributed by atoms with Gasteiger partial charge in [0.1, 0.15) is 5.78 Å². The Balaban J connectivity index is 1.88. The van der Waals surface area contributed by atoms with E-state index in [1.54, 1.807) is 14.0 Å². The van der Waals surface area contributed by atoms with E-state index in [-0.39, 0.29) is 23.7 Å². The SMILES string of the molecule is COCCOCCOCCOCCC(=O)NC1CCC(C(C)=O)CC1. The number of methoxy groups -OCH3 is 1. The Hall–Kier alpha value is -1.02. The largest absolute Gasteiger partial charge is 0.382 e. The Kier molecular flexibility index (Phi) is 12.5. The van der Waals surface area contributed by atoms with Crippen LogP contribution in [0.1, 0.15) is 39.0 Å². The van der Waals surface area contributed by atoms with E-state index < -0.39 is 0 Å². The second-order valence-corrected chi connectivity index (χ2v) is 6.31. The molecule has 1 aliphatic carbocycles. The van der Waals surface area contributed by atoms with Crippen LogP contribution in [0.2, 0.25) is 0 Å². The minimum absolute atomic E-state index is 0.0127. The van der Waals surface area contributed by atoms with Crippen LogP contribution in [0, 0.1) is 5.92 Å². The molecule has 0 unspecified atom stereocenters. The van der Waals surface area contributed by atoms with Gasteiger partial charge in [-0.1, -0.05) is 0 Å². The molecule has 0 saturated heterocycles. The number of nitrogens with one attached hydrogen (secondary N) is 1. The number of hydrogen-bond acceptors (Lipinski definition) is 6. The summed E-state index contributed by atoms with van der Waals surface area (Å²) in [7, 11) is 1.64. The lowest BCUT2D eigenvalue weighted by Crippen LogP contribution is -2.38. The number of hydrogen-bond donors (Lipinski definition) is 1. The first-order valence-electron chi connectivity index (χ1n) is 9.15. The molecule has 146 valence electrons. The lowest BCUT2D eigenvalue weighted by Gasteiger charge is -2.27. The summed E-state index contributed by atoms with van der Waals surface area (Å²) in [6.07, 6.45) is 3.88. The second kappa shape index (κ2) is 14.2. The average molecular weight is 359 g/mol. The fraction of sp³-hybridized carbons (Fsp3) is 0.889. The van der Waals surface area contributed by atoms with Crippen molar-refractivity contribution in [2.75, 3.05) is 53.4 Å². The Morgan fingerprint density at radius 1 is 0.840 bits per heavy atom. The summed E-state index contributed by atoms with van der Waals surface area (Å²) in [5.74, 6) is 0.461. The van der Waals surface area contributed by atoms with Gasteiger partial charge in [-0.3, -0.25) is 9.59 Å². The van der Waals surface area contributed by atoms with Crippen molar-refractivity contribution >= 4 is 11.7 Å². The van der Waals surface area contributed by atoms with Gasteiger partial charge < -0.3 is 24.3 Å². The first kappa shape index (κ1) is 22.0. The predicted octanol–water partition coefficient (Wildman–Crippen LogP) is 1.34. The van der Waals surface area contributed by atoms with E-state index in [9.17, 15) is 9.59 Å². The normalized spacial score (nSPS) is 20.4. The molecule has 0 bridgehead atoms. The summed E-state index contributed by atoms with van der Waals surface area (Å²) in [5, 5.41) is 3.03. The molecule has 7 heteroatoms. The molecule has 1 fully saturated rings. The molecule has 25 heavy (non-hydrogen) atoms. The van der Waals surface area contributed by atoms with Crippen LogP contribution in [0.3, 0.4) is 0 Å². The number of carbonyl (C=O) groups is 2. The van der Waals surface area contributed by atoms with Crippen molar-refractivity contribution in [3.63, 3.8) is 0 Å². The molecule has 1 saturated carbocycles. The van der Waals surface area contributed by atoms with Crippen molar-refractivity contribution in [1.82, 2.24) is 5.32 Å². The second-order valence-electron chi connectivity index (χ2n) is 6.31. The number of ether oxygens (including phenoxy) is 4. The molecule has 0 aromatic rings. The number of Topliss-reactive ketones (excluding diaryl/α,β-unsaturated/α-hetero) is 1. The highest BCUT2D eigenvalue weighted by atomic mass is 16.6. The molecule has 0 aromatic carbocycles. The van der Waals surface area contributed by atoms with Gasteiger partial charge in [-0.2, -0.15) is 0 Å². The Morgan fingerprint density at radius 3 is 1.88 bits per heavy atom. The van der Waals surface area contributed by atoms with E-state index in [1.165, 1.54) is 0 Å². The molecule has 0 radical (unpaired) electrons. The van der Waals surface area contributed by atoms with Crippen LogP contribution >= 0.6 is 0 Å². The Labute approximate surface area is 150 Å². The molecule has 0 heterocycles. The van der Waals surface area contributed by atoms with E-state index in [1.807, 2.05) is 0 Å². The zero-order valence-corrected chi connectivity index (χ0v) is 15.6. The van der Waals surface area contributed by atoms with Gasteiger partial charge in [0.25, 0.3) is 0 Å². The third-order valence-electron chi connectivity index (χ3n) is 4.32. The number of ketones is 1. The Bertz CT molecular complexity index is 369. The van der Waals surface area contributed by atoms with Gasteiger partial charge in [-0.05, 0) is 32.6 Å². The van der Waals surface area contributed by atoms with E-state index >= 15 is 0 Å². The third-order valence-corrected chi connectivity index (χ3v) is 4.32. The van der Waals surface area contributed by atoms with E-state index in [0.717, 1.165) is 25.7 Å². The number of rotatable bonds is 14. The topological polar surface area (TPSA) is 83.1 Å². The molecule has 0 aromatic heterocycles. The van der Waals surface area contributed by atoms with Crippen molar-refractivity contribution in [3.8, 4) is 0 Å². The van der Waals surface area contributed by atoms with E-state index in [0.29, 0.717) is 52.7 Å². The lowest BCUT2D eigenvalue weighted by atomic mass is 9.84. The summed E-state index contributed by atoms with van der Waals surface area (Å²) in [5.41, 5.74) is 0. The van der Waals surface area contributed by atoms with Crippen LogP contribution in [0.25, 0.3) is 0 Å². The molecule has 1 aliphatic rings. The van der Waals surface area contributed by atoms with Crippen LogP contribution < -0.4 is 5.32 Å². The highest BCUT2D eigenvalue weighted by Crippen LogP contribution is 2.24. The molecule has 1 amide bonds. The van der Waals surface area contributed by atoms with Crippen molar-refractivity contribution in [3.05, 3.63) is 0 Å². The van der Waals surface area contributed by atoms with Gasteiger partial charge in [0, 0.05) is 25.5 Å². The number of carbonyl (C=O) groups excluding carboxylic acids is 2. The number of amides is 1. The summed E-state index contributed by atoms with van der Waals surface area (Å²) < 4.78 is 20.9. The average Bonchev–Trinajstić information content (AvgIpc) is 2.60. The van der Waals surface area contributed by atoms with Gasteiger partial charge >= 0.3 is 0 Å². The van der Waals surface area contributed by atoms with E-state index in [4.69, 9.17) is 18.9 Å². The zero-order valence-electron chi connectivity index (χ0n) is 15.6. The maximum absolute atomic E-state index is 11.9. The van der Waals surface area contributed by atoms with Crippen LogP contribution in [0.5, 0.6) is 0 Å². The summed E-state index contributed by atoms with van der Waals surface area (Å²) in [6.45, 7) is 5.22. The summed E-state index contributed by atoms with van der Waals surface area (Å²) in [6, 6.07) is 0.199. The highest BCUT2D eigenvalue weighted by Gasteiger charge is 2.24. The van der Waals surface area contributed by atoms with Gasteiger partial charge in [0.15, 0.2) is 0 Å². The predicted molar refractivity (Wildman–Crippen MR) is 93.5 cm³/mol. The molecular weight excluding hydrogens is 326 g/mol. The van der Waals surface area contributed by atoms with Crippen molar-refractivity contribution < 1.29 is 28.5 Å². The minimum atomic E-state index is 0.0127. The van der Waals surface area contributed by atoms with E-state index in [2.05, 4.69) is 5.32 Å². The van der Waals surface area contributed by atoms with Gasteiger partial charge in [0.05, 0.1) is 46.2 Å². The molecular formula is C18H33NO6. The van der Waals surface area contributed by atoms with Crippen molar-refractivity contribution in [2.45, 2.75) is 45.1 Å². The first-order valence-corrected chi connectivity index (χ1v) is 9.15. The molecule has 0 spiro atoms. The van der Waals surface area contributed by atoms with Crippen LogP contribution in [0.4, 0.5) is 0 Å². The summed E-state index contributed by atoms with van der Waals surface area (Å²) >= 11 is 0. The monoisotopic (exact) mass is 359 g/mol. The standard InChI is InChI=1S/C18H33NO6/c1-15(20)16-3-5-17(6-4-16)19-18(21)7-8-23-11-12-25-14-13-24-10-9-22-2/h16-17H,3-14H2,1-2H3,(H,19,21). The molecule has 0 atom stereocenters. The first-order chi connectivity index (χ1) is 12.1. The molecule has 1 rings (SSSR count). The van der Waals surface area contributed by atoms with Crippen molar-refractivity contribution in [2.24, 2.45) is 5.92 Å². The zero-order chi connectivity index (χ0) is 18.3. The maximum Gasteiger partial charge on any atom is 0.222 e. The molecule has 1 N–H and O–H groups in total. The maximum atomic E-state index is 11.9. The fourth-order valence-corrected chi connectivity index (χ4v) is 2.79. The smallest absolute Gasteiger partial charge is 0.222 e. The van der Waals surface area contributed by atoms with Crippen LogP contribution in [-0.2, 0) is 28.5 Å². The third kappa shape index (κ3) is 11.3. The van der Waals surface area contributed by atoms with Crippen molar-refractivity contribution in [1.29, 1.82) is 0 Å². The molecule has 7 nitrogen and oxygen atoms in total. The highest BCUT2D eigenvalue weighted by molar-refractivity contribution is 5.78.